The molecule has 0 saturated carbocycles. The predicted octanol–water partition coefficient (Wildman–Crippen LogP) is 6.23. The molecule has 3 aromatic rings. The first-order chi connectivity index (χ1) is 15.4. The van der Waals surface area contributed by atoms with Crippen molar-refractivity contribution < 1.29 is 19.0 Å². The summed E-state index contributed by atoms with van der Waals surface area (Å²) in [5.41, 5.74) is 3.58. The second-order valence-electron chi connectivity index (χ2n) is 7.10. The fraction of sp³-hybridized carbons (Fsp3) is 0.120. The van der Waals surface area contributed by atoms with Gasteiger partial charge >= 0.3 is 5.97 Å². The lowest BCUT2D eigenvalue weighted by atomic mass is 10.1. The second kappa shape index (κ2) is 9.47. The zero-order valence-electron chi connectivity index (χ0n) is 17.4. The molecule has 0 radical (unpaired) electrons. The van der Waals surface area contributed by atoms with E-state index in [9.17, 15) is 4.79 Å². The van der Waals surface area contributed by atoms with Crippen molar-refractivity contribution in [1.82, 2.24) is 0 Å². The van der Waals surface area contributed by atoms with Crippen LogP contribution >= 0.6 is 23.2 Å². The quantitative estimate of drug-likeness (QED) is 0.318. The fourth-order valence-electron chi connectivity index (χ4n) is 3.18. The molecule has 1 heterocycles. The summed E-state index contributed by atoms with van der Waals surface area (Å²) in [6.07, 6.45) is 1.65. The maximum atomic E-state index is 12.3. The van der Waals surface area contributed by atoms with Crippen LogP contribution in [0, 0.1) is 6.92 Å². The molecule has 7 heteroatoms. The van der Waals surface area contributed by atoms with Gasteiger partial charge in [-0.1, -0.05) is 53.5 Å². The number of hydrogen-bond donors (Lipinski definition) is 0. The van der Waals surface area contributed by atoms with Gasteiger partial charge in [-0.25, -0.2) is 9.79 Å². The van der Waals surface area contributed by atoms with Gasteiger partial charge in [0, 0.05) is 5.56 Å². The zero-order valence-corrected chi connectivity index (χ0v) is 18.9. The third-order valence-electron chi connectivity index (χ3n) is 4.87. The van der Waals surface area contributed by atoms with Crippen LogP contribution in [0.4, 0.5) is 0 Å². The van der Waals surface area contributed by atoms with Crippen molar-refractivity contribution in [3.8, 4) is 11.5 Å². The Morgan fingerprint density at radius 1 is 1.00 bits per heavy atom. The summed E-state index contributed by atoms with van der Waals surface area (Å²) in [6, 6.07) is 18.3. The molecular formula is C25H19Cl2NO4. The van der Waals surface area contributed by atoms with Gasteiger partial charge < -0.3 is 14.2 Å². The molecule has 0 aliphatic carbocycles. The standard InChI is InChI=1S/C25H19Cl2NO4/c1-15-5-3-4-6-18(15)24-28-21(25(29)32-24)12-16-8-10-22(23(13-16)30-2)31-14-17-7-9-19(26)20(27)11-17/h3-13H,14H2,1-2H3/b21-12-. The maximum absolute atomic E-state index is 12.3. The highest BCUT2D eigenvalue weighted by Crippen LogP contribution is 2.31. The normalized spacial score (nSPS) is 14.3. The Bertz CT molecular complexity index is 1250. The van der Waals surface area contributed by atoms with Crippen LogP contribution in [-0.2, 0) is 16.1 Å². The zero-order chi connectivity index (χ0) is 22.7. The van der Waals surface area contributed by atoms with E-state index in [1.165, 1.54) is 0 Å². The van der Waals surface area contributed by atoms with E-state index in [2.05, 4.69) is 4.99 Å². The Hall–Kier alpha value is -3.28. The lowest BCUT2D eigenvalue weighted by molar-refractivity contribution is -0.129. The highest BCUT2D eigenvalue weighted by molar-refractivity contribution is 6.42. The van der Waals surface area contributed by atoms with Gasteiger partial charge in [-0.3, -0.25) is 0 Å². The number of esters is 1. The summed E-state index contributed by atoms with van der Waals surface area (Å²) in [7, 11) is 1.55. The summed E-state index contributed by atoms with van der Waals surface area (Å²) in [5.74, 6) is 0.878. The highest BCUT2D eigenvalue weighted by Gasteiger charge is 2.25. The molecule has 0 spiro atoms. The third kappa shape index (κ3) is 4.79. The van der Waals surface area contributed by atoms with Gasteiger partial charge in [-0.15, -0.1) is 0 Å². The number of carbonyl (C=O) groups excluding carboxylic acids is 1. The Morgan fingerprint density at radius 3 is 2.56 bits per heavy atom. The summed E-state index contributed by atoms with van der Waals surface area (Å²) in [6.45, 7) is 2.24. The molecule has 0 atom stereocenters. The minimum Gasteiger partial charge on any atom is -0.493 e. The van der Waals surface area contributed by atoms with Crippen LogP contribution in [-0.4, -0.2) is 19.0 Å². The number of nitrogens with zero attached hydrogens (tertiary/aromatic N) is 1. The van der Waals surface area contributed by atoms with E-state index in [-0.39, 0.29) is 5.70 Å². The lowest BCUT2D eigenvalue weighted by Gasteiger charge is -2.12. The first kappa shape index (κ1) is 21.9. The van der Waals surface area contributed by atoms with Crippen molar-refractivity contribution in [1.29, 1.82) is 0 Å². The van der Waals surface area contributed by atoms with Gasteiger partial charge in [-0.05, 0) is 60.0 Å². The number of methoxy groups -OCH3 is 1. The van der Waals surface area contributed by atoms with Crippen LogP contribution in [0.5, 0.6) is 11.5 Å². The molecule has 5 nitrogen and oxygen atoms in total. The Morgan fingerprint density at radius 2 is 1.81 bits per heavy atom. The molecule has 0 aromatic heterocycles. The average molecular weight is 468 g/mol. The van der Waals surface area contributed by atoms with E-state index in [0.29, 0.717) is 34.0 Å². The van der Waals surface area contributed by atoms with Crippen molar-refractivity contribution in [3.05, 3.63) is 98.7 Å². The van der Waals surface area contributed by atoms with Crippen molar-refractivity contribution in [2.75, 3.05) is 7.11 Å². The van der Waals surface area contributed by atoms with E-state index >= 15 is 0 Å². The molecule has 0 amide bonds. The number of halogens is 2. The molecule has 1 aliphatic rings. The van der Waals surface area contributed by atoms with Crippen molar-refractivity contribution >= 4 is 41.1 Å². The Balaban J connectivity index is 1.54. The Labute approximate surface area is 195 Å². The monoisotopic (exact) mass is 467 g/mol. The van der Waals surface area contributed by atoms with E-state index in [1.54, 1.807) is 37.5 Å². The SMILES string of the molecule is COc1cc(/C=C2\N=C(c3ccccc3C)OC2=O)ccc1OCc1ccc(Cl)c(Cl)c1. The molecule has 0 N–H and O–H groups in total. The van der Waals surface area contributed by atoms with E-state index in [4.69, 9.17) is 37.4 Å². The first-order valence-electron chi connectivity index (χ1n) is 9.78. The minimum atomic E-state index is -0.498. The largest absolute Gasteiger partial charge is 0.493 e. The van der Waals surface area contributed by atoms with Gasteiger partial charge in [0.25, 0.3) is 0 Å². The summed E-state index contributed by atoms with van der Waals surface area (Å²) < 4.78 is 16.7. The third-order valence-corrected chi connectivity index (χ3v) is 5.60. The average Bonchev–Trinajstić information content (AvgIpc) is 3.15. The van der Waals surface area contributed by atoms with Crippen molar-refractivity contribution in [2.24, 2.45) is 4.99 Å². The molecule has 32 heavy (non-hydrogen) atoms. The number of hydrogen-bond acceptors (Lipinski definition) is 5. The van der Waals surface area contributed by atoms with Gasteiger partial charge in [-0.2, -0.15) is 0 Å². The Kier molecular flexibility index (Phi) is 6.49. The number of aryl methyl sites for hydroxylation is 1. The van der Waals surface area contributed by atoms with Gasteiger partial charge in [0.15, 0.2) is 17.2 Å². The predicted molar refractivity (Wildman–Crippen MR) is 126 cm³/mol. The number of benzene rings is 3. The molecule has 4 rings (SSSR count). The topological polar surface area (TPSA) is 57.1 Å². The van der Waals surface area contributed by atoms with Crippen molar-refractivity contribution in [2.45, 2.75) is 13.5 Å². The molecule has 0 bridgehead atoms. The van der Waals surface area contributed by atoms with E-state index in [1.807, 2.05) is 43.3 Å². The van der Waals surface area contributed by atoms with Crippen LogP contribution in [0.15, 0.2) is 71.4 Å². The van der Waals surface area contributed by atoms with Gasteiger partial charge in [0.1, 0.15) is 6.61 Å². The van der Waals surface area contributed by atoms with Crippen LogP contribution in [0.25, 0.3) is 6.08 Å². The van der Waals surface area contributed by atoms with Gasteiger partial charge in [0.2, 0.25) is 5.90 Å². The number of aliphatic imine (C=N–C) groups is 1. The number of carbonyl (C=O) groups is 1. The van der Waals surface area contributed by atoms with Crippen LogP contribution in [0.1, 0.15) is 22.3 Å². The second-order valence-corrected chi connectivity index (χ2v) is 7.91. The highest BCUT2D eigenvalue weighted by atomic mass is 35.5. The maximum Gasteiger partial charge on any atom is 0.363 e. The fourth-order valence-corrected chi connectivity index (χ4v) is 3.50. The molecule has 0 unspecified atom stereocenters. The number of ether oxygens (including phenoxy) is 3. The molecule has 3 aromatic carbocycles. The number of rotatable bonds is 6. The van der Waals surface area contributed by atoms with E-state index in [0.717, 1.165) is 22.3 Å². The molecular weight excluding hydrogens is 449 g/mol. The van der Waals surface area contributed by atoms with Crippen LogP contribution < -0.4 is 9.47 Å². The molecule has 162 valence electrons. The minimum absolute atomic E-state index is 0.217. The van der Waals surface area contributed by atoms with E-state index < -0.39 is 5.97 Å². The molecule has 1 aliphatic heterocycles. The summed E-state index contributed by atoms with van der Waals surface area (Å²) in [5, 5.41) is 0.958. The van der Waals surface area contributed by atoms with Crippen LogP contribution in [0.3, 0.4) is 0 Å². The van der Waals surface area contributed by atoms with Crippen LogP contribution in [0.2, 0.25) is 10.0 Å². The molecule has 0 fully saturated rings. The van der Waals surface area contributed by atoms with Crippen molar-refractivity contribution in [3.63, 3.8) is 0 Å². The smallest absolute Gasteiger partial charge is 0.363 e. The molecule has 0 saturated heterocycles. The first-order valence-corrected chi connectivity index (χ1v) is 10.5. The van der Waals surface area contributed by atoms with Gasteiger partial charge in [0.05, 0.1) is 17.2 Å². The number of cyclic esters (lactones) is 1. The lowest BCUT2D eigenvalue weighted by Crippen LogP contribution is -2.06. The summed E-state index contributed by atoms with van der Waals surface area (Å²) >= 11 is 12.0. The summed E-state index contributed by atoms with van der Waals surface area (Å²) in [4.78, 5) is 16.7.